The second kappa shape index (κ2) is 6.11. The van der Waals surface area contributed by atoms with Crippen LogP contribution >= 0.6 is 0 Å². The Labute approximate surface area is 125 Å². The Kier molecular flexibility index (Phi) is 4.03. The molecular weight excluding hydrogens is 256 g/mol. The van der Waals surface area contributed by atoms with Crippen molar-refractivity contribution in [2.75, 3.05) is 0 Å². The number of rotatable bonds is 4. The molecule has 1 nitrogen and oxygen atoms in total. The molecule has 0 aliphatic heterocycles. The zero-order valence-corrected chi connectivity index (χ0v) is 12.3. The van der Waals surface area contributed by atoms with E-state index in [4.69, 9.17) is 0 Å². The van der Waals surface area contributed by atoms with Gasteiger partial charge >= 0.3 is 0 Å². The van der Waals surface area contributed by atoms with E-state index >= 15 is 0 Å². The van der Waals surface area contributed by atoms with Gasteiger partial charge in [-0.3, -0.25) is 0 Å². The number of aliphatic hydroxyl groups excluding tert-OH is 1. The van der Waals surface area contributed by atoms with Crippen molar-refractivity contribution in [3.63, 3.8) is 0 Å². The van der Waals surface area contributed by atoms with Crippen LogP contribution in [0.3, 0.4) is 0 Å². The van der Waals surface area contributed by atoms with Crippen LogP contribution in [0.5, 0.6) is 0 Å². The fourth-order valence-electron chi connectivity index (χ4n) is 2.75. The smallest absolute Gasteiger partial charge is 0.0799 e. The minimum atomic E-state index is -0.419. The Morgan fingerprint density at radius 1 is 0.857 bits per heavy atom. The first kappa shape index (κ1) is 13.8. The minimum Gasteiger partial charge on any atom is -0.388 e. The predicted molar refractivity (Wildman–Crippen MR) is 88.4 cm³/mol. The summed E-state index contributed by atoms with van der Waals surface area (Å²) in [6.07, 6.45) is 1.22. The summed E-state index contributed by atoms with van der Waals surface area (Å²) >= 11 is 0. The summed E-state index contributed by atoms with van der Waals surface area (Å²) in [6.45, 7) is 2.09. The van der Waals surface area contributed by atoms with Crippen molar-refractivity contribution in [2.45, 2.75) is 25.9 Å². The largest absolute Gasteiger partial charge is 0.388 e. The molecule has 3 aromatic rings. The first-order valence-electron chi connectivity index (χ1n) is 7.45. The fraction of sp³-hybridized carbons (Fsp3) is 0.200. The van der Waals surface area contributed by atoms with Crippen LogP contribution in [0, 0.1) is 6.92 Å². The second-order valence-corrected chi connectivity index (χ2v) is 5.61. The highest BCUT2D eigenvalue weighted by molar-refractivity contribution is 5.85. The van der Waals surface area contributed by atoms with Gasteiger partial charge in [-0.2, -0.15) is 0 Å². The van der Waals surface area contributed by atoms with Crippen LogP contribution < -0.4 is 0 Å². The van der Waals surface area contributed by atoms with E-state index in [-0.39, 0.29) is 0 Å². The molecule has 0 aliphatic rings. The lowest BCUT2D eigenvalue weighted by molar-refractivity contribution is 0.169. The number of benzene rings is 3. The first-order valence-corrected chi connectivity index (χ1v) is 7.45. The fourth-order valence-corrected chi connectivity index (χ4v) is 2.75. The zero-order chi connectivity index (χ0) is 14.7. The van der Waals surface area contributed by atoms with Gasteiger partial charge in [-0.15, -0.1) is 0 Å². The Morgan fingerprint density at radius 3 is 2.38 bits per heavy atom. The minimum absolute atomic E-state index is 0.419. The van der Waals surface area contributed by atoms with E-state index in [0.29, 0.717) is 0 Å². The molecule has 106 valence electrons. The lowest BCUT2D eigenvalue weighted by Crippen LogP contribution is -2.00. The van der Waals surface area contributed by atoms with Crippen molar-refractivity contribution < 1.29 is 5.11 Å². The highest BCUT2D eigenvalue weighted by Gasteiger charge is 2.11. The number of aryl methyl sites for hydroxylation is 2. The molecule has 0 bridgehead atoms. The van der Waals surface area contributed by atoms with E-state index < -0.39 is 6.10 Å². The normalized spacial score (nSPS) is 12.5. The molecule has 3 rings (SSSR count). The molecule has 0 aromatic heterocycles. The Hall–Kier alpha value is -2.12. The average Bonchev–Trinajstić information content (AvgIpc) is 2.53. The van der Waals surface area contributed by atoms with Gasteiger partial charge in [0, 0.05) is 0 Å². The van der Waals surface area contributed by atoms with E-state index in [2.05, 4.69) is 49.4 Å². The van der Waals surface area contributed by atoms with Gasteiger partial charge in [0.15, 0.2) is 0 Å². The van der Waals surface area contributed by atoms with Crippen molar-refractivity contribution in [3.8, 4) is 0 Å². The van der Waals surface area contributed by atoms with Gasteiger partial charge in [0.1, 0.15) is 0 Å². The standard InChI is InChI=1S/C20H20O/c1-15-9-11-16(12-10-15)13-14-20(21)19-8-4-6-17-5-2-3-7-18(17)19/h2-12,20-21H,13-14H2,1H3. The van der Waals surface area contributed by atoms with Gasteiger partial charge < -0.3 is 5.11 Å². The SMILES string of the molecule is Cc1ccc(CCC(O)c2cccc3ccccc23)cc1. The van der Waals surface area contributed by atoms with Crippen LogP contribution in [0.4, 0.5) is 0 Å². The third-order valence-electron chi connectivity index (χ3n) is 4.01. The predicted octanol–water partition coefficient (Wildman–Crippen LogP) is 4.81. The molecule has 3 aromatic carbocycles. The van der Waals surface area contributed by atoms with E-state index in [1.54, 1.807) is 0 Å². The molecule has 1 heteroatoms. The van der Waals surface area contributed by atoms with E-state index in [1.165, 1.54) is 16.5 Å². The molecule has 0 spiro atoms. The van der Waals surface area contributed by atoms with Crippen LogP contribution in [-0.2, 0) is 6.42 Å². The molecule has 0 radical (unpaired) electrons. The Balaban J connectivity index is 1.78. The summed E-state index contributed by atoms with van der Waals surface area (Å²) in [5, 5.41) is 12.9. The molecule has 0 saturated heterocycles. The first-order chi connectivity index (χ1) is 10.2. The van der Waals surface area contributed by atoms with Crippen LogP contribution in [0.25, 0.3) is 10.8 Å². The van der Waals surface area contributed by atoms with Crippen molar-refractivity contribution in [1.82, 2.24) is 0 Å². The molecular formula is C20H20O. The molecule has 0 heterocycles. The van der Waals surface area contributed by atoms with Crippen molar-refractivity contribution in [3.05, 3.63) is 83.4 Å². The molecule has 0 amide bonds. The van der Waals surface area contributed by atoms with Gasteiger partial charge in [0.25, 0.3) is 0 Å². The Bertz CT molecular complexity index is 723. The van der Waals surface area contributed by atoms with E-state index in [1.807, 2.05) is 24.3 Å². The summed E-state index contributed by atoms with van der Waals surface area (Å²) in [6, 6.07) is 22.9. The lowest BCUT2D eigenvalue weighted by Gasteiger charge is -2.14. The topological polar surface area (TPSA) is 20.2 Å². The van der Waals surface area contributed by atoms with E-state index in [9.17, 15) is 5.11 Å². The summed E-state index contributed by atoms with van der Waals surface area (Å²) in [7, 11) is 0. The lowest BCUT2D eigenvalue weighted by atomic mass is 9.96. The van der Waals surface area contributed by atoms with Gasteiger partial charge in [-0.25, -0.2) is 0 Å². The van der Waals surface area contributed by atoms with Gasteiger partial charge in [0.05, 0.1) is 6.10 Å². The number of hydrogen-bond acceptors (Lipinski definition) is 1. The molecule has 1 atom stereocenters. The number of aliphatic hydroxyl groups is 1. The molecule has 1 N–H and O–H groups in total. The van der Waals surface area contributed by atoms with Crippen LogP contribution in [0.1, 0.15) is 29.2 Å². The second-order valence-electron chi connectivity index (χ2n) is 5.61. The highest BCUT2D eigenvalue weighted by atomic mass is 16.3. The van der Waals surface area contributed by atoms with Gasteiger partial charge in [0.2, 0.25) is 0 Å². The maximum Gasteiger partial charge on any atom is 0.0799 e. The molecule has 0 saturated carbocycles. The van der Waals surface area contributed by atoms with Gasteiger partial charge in [-0.05, 0) is 41.7 Å². The molecule has 21 heavy (non-hydrogen) atoms. The summed E-state index contributed by atoms with van der Waals surface area (Å²) in [5.41, 5.74) is 3.58. The highest BCUT2D eigenvalue weighted by Crippen LogP contribution is 2.27. The zero-order valence-electron chi connectivity index (χ0n) is 12.3. The average molecular weight is 276 g/mol. The number of fused-ring (bicyclic) bond motifs is 1. The van der Waals surface area contributed by atoms with E-state index in [0.717, 1.165) is 23.8 Å². The van der Waals surface area contributed by atoms with Crippen LogP contribution in [-0.4, -0.2) is 5.11 Å². The monoisotopic (exact) mass is 276 g/mol. The summed E-state index contributed by atoms with van der Waals surface area (Å²) < 4.78 is 0. The molecule has 0 fully saturated rings. The molecule has 1 unspecified atom stereocenters. The van der Waals surface area contributed by atoms with Crippen LogP contribution in [0.2, 0.25) is 0 Å². The third kappa shape index (κ3) is 3.14. The maximum absolute atomic E-state index is 10.5. The number of hydrogen-bond donors (Lipinski definition) is 1. The summed E-state index contributed by atoms with van der Waals surface area (Å²) in [5.74, 6) is 0. The van der Waals surface area contributed by atoms with Crippen molar-refractivity contribution in [1.29, 1.82) is 0 Å². The Morgan fingerprint density at radius 2 is 1.57 bits per heavy atom. The third-order valence-corrected chi connectivity index (χ3v) is 4.01. The van der Waals surface area contributed by atoms with Crippen molar-refractivity contribution in [2.24, 2.45) is 0 Å². The maximum atomic E-state index is 10.5. The van der Waals surface area contributed by atoms with Crippen molar-refractivity contribution >= 4 is 10.8 Å². The van der Waals surface area contributed by atoms with Crippen LogP contribution in [0.15, 0.2) is 66.7 Å². The summed E-state index contributed by atoms with van der Waals surface area (Å²) in [4.78, 5) is 0. The molecule has 0 aliphatic carbocycles. The van der Waals surface area contributed by atoms with Gasteiger partial charge in [-0.1, -0.05) is 72.3 Å². The quantitative estimate of drug-likeness (QED) is 0.724.